The Balaban J connectivity index is 1.12. The van der Waals surface area contributed by atoms with Gasteiger partial charge in [-0.2, -0.15) is 8.78 Å². The van der Waals surface area contributed by atoms with E-state index in [4.69, 9.17) is 9.47 Å². The van der Waals surface area contributed by atoms with Gasteiger partial charge in [-0.05, 0) is 111 Å². The Labute approximate surface area is 280 Å². The molecule has 0 saturated heterocycles. The highest BCUT2D eigenvalue weighted by Gasteiger charge is 2.30. The van der Waals surface area contributed by atoms with Gasteiger partial charge < -0.3 is 9.47 Å². The van der Waals surface area contributed by atoms with Gasteiger partial charge >= 0.3 is 0 Å². The SMILES string of the molecule is CCCCOc1ccc(C2=CCC(C3CCC(CCc4ccc(-c5ccc(OCCCC)c(F)c5F)c(F)c4F)CC3)CC2)c(F)c1F. The number of hydrogen-bond acceptors (Lipinski definition) is 2. The molecule has 0 amide bonds. The molecule has 0 radical (unpaired) electrons. The molecular weight excluding hydrogens is 626 g/mol. The second kappa shape index (κ2) is 16.8. The second-order valence-electron chi connectivity index (χ2n) is 13.4. The molecule has 1 atom stereocenters. The summed E-state index contributed by atoms with van der Waals surface area (Å²) in [6, 6.07) is 8.41. The van der Waals surface area contributed by atoms with E-state index in [0.717, 1.165) is 63.4 Å². The van der Waals surface area contributed by atoms with Crippen LogP contribution in [0.2, 0.25) is 0 Å². The normalized spacial score (nSPS) is 19.7. The summed E-state index contributed by atoms with van der Waals surface area (Å²) in [6.07, 6.45) is 12.9. The van der Waals surface area contributed by atoms with Gasteiger partial charge in [-0.25, -0.2) is 17.6 Å². The van der Waals surface area contributed by atoms with Crippen LogP contribution in [0.15, 0.2) is 42.5 Å². The van der Waals surface area contributed by atoms with Crippen LogP contribution in [0.25, 0.3) is 16.7 Å². The van der Waals surface area contributed by atoms with Crippen LogP contribution in [0.4, 0.5) is 26.3 Å². The molecule has 1 saturated carbocycles. The monoisotopic (exact) mass is 672 g/mol. The first-order valence-electron chi connectivity index (χ1n) is 17.6. The molecule has 0 aromatic heterocycles. The lowest BCUT2D eigenvalue weighted by Gasteiger charge is -2.35. The highest BCUT2D eigenvalue weighted by molar-refractivity contribution is 5.68. The number of unbranched alkanes of at least 4 members (excludes halogenated alkanes) is 2. The summed E-state index contributed by atoms with van der Waals surface area (Å²) < 4.78 is 99.9. The third kappa shape index (κ3) is 8.23. The molecule has 8 heteroatoms. The maximum atomic E-state index is 15.1. The number of rotatable bonds is 14. The summed E-state index contributed by atoms with van der Waals surface area (Å²) >= 11 is 0. The van der Waals surface area contributed by atoms with Gasteiger partial charge in [0.05, 0.1) is 13.2 Å². The third-order valence-electron chi connectivity index (χ3n) is 10.2. The van der Waals surface area contributed by atoms with Crippen LogP contribution in [0.5, 0.6) is 11.5 Å². The number of allylic oxidation sites excluding steroid dienone is 2. The van der Waals surface area contributed by atoms with Crippen molar-refractivity contribution < 1.29 is 35.8 Å². The quantitative estimate of drug-likeness (QED) is 0.125. The minimum Gasteiger partial charge on any atom is -0.490 e. The molecule has 48 heavy (non-hydrogen) atoms. The molecule has 0 heterocycles. The smallest absolute Gasteiger partial charge is 0.201 e. The van der Waals surface area contributed by atoms with Crippen LogP contribution in [-0.4, -0.2) is 13.2 Å². The van der Waals surface area contributed by atoms with E-state index in [-0.39, 0.29) is 34.8 Å². The van der Waals surface area contributed by atoms with Gasteiger partial charge in [-0.3, -0.25) is 0 Å². The van der Waals surface area contributed by atoms with Crippen LogP contribution in [-0.2, 0) is 6.42 Å². The molecule has 3 aromatic rings. The van der Waals surface area contributed by atoms with Crippen molar-refractivity contribution in [3.05, 3.63) is 88.5 Å². The van der Waals surface area contributed by atoms with Gasteiger partial charge in [-0.1, -0.05) is 57.7 Å². The lowest BCUT2D eigenvalue weighted by molar-refractivity contribution is 0.189. The van der Waals surface area contributed by atoms with Gasteiger partial charge in [0.1, 0.15) is 0 Å². The zero-order valence-corrected chi connectivity index (χ0v) is 28.0. The zero-order valence-electron chi connectivity index (χ0n) is 28.0. The molecule has 1 unspecified atom stereocenters. The number of halogens is 6. The Morgan fingerprint density at radius 2 is 1.12 bits per heavy atom. The molecule has 2 aliphatic rings. The summed E-state index contributed by atoms with van der Waals surface area (Å²) in [7, 11) is 0. The number of hydrogen-bond donors (Lipinski definition) is 0. The summed E-state index contributed by atoms with van der Waals surface area (Å²) in [5, 5.41) is 0. The molecule has 2 aliphatic carbocycles. The largest absolute Gasteiger partial charge is 0.490 e. The van der Waals surface area contributed by atoms with Crippen molar-refractivity contribution in [2.24, 2.45) is 17.8 Å². The lowest BCUT2D eigenvalue weighted by Crippen LogP contribution is -2.23. The fraction of sp³-hybridized carbons (Fsp3) is 0.500. The minimum absolute atomic E-state index is 0.0396. The standard InChI is InChI=1S/C40H46F6O2/c1-3-5-23-47-33-21-19-30(36(42)39(33)45)28-15-13-27(14-16-28)26-10-7-25(8-11-26)9-12-29-17-18-31(37(43)35(29)41)32-20-22-34(40(46)38(32)44)48-24-6-4-2/h15,17-22,25-27H,3-14,16,23-24H2,1-2H3. The van der Waals surface area contributed by atoms with Crippen molar-refractivity contribution in [3.63, 3.8) is 0 Å². The van der Waals surface area contributed by atoms with Crippen molar-refractivity contribution in [1.82, 2.24) is 0 Å². The fourth-order valence-corrected chi connectivity index (χ4v) is 7.22. The van der Waals surface area contributed by atoms with Gasteiger partial charge in [0.25, 0.3) is 0 Å². The van der Waals surface area contributed by atoms with E-state index < -0.39 is 34.9 Å². The average Bonchev–Trinajstić information content (AvgIpc) is 3.10. The lowest BCUT2D eigenvalue weighted by atomic mass is 9.70. The number of ether oxygens (including phenoxy) is 2. The minimum atomic E-state index is -1.26. The fourth-order valence-electron chi connectivity index (χ4n) is 7.22. The molecule has 0 spiro atoms. The number of benzene rings is 3. The maximum Gasteiger partial charge on any atom is 0.201 e. The van der Waals surface area contributed by atoms with Crippen LogP contribution in [0, 0.1) is 52.7 Å². The molecule has 0 aliphatic heterocycles. The van der Waals surface area contributed by atoms with Gasteiger partial charge in [0.15, 0.2) is 34.8 Å². The summed E-state index contributed by atoms with van der Waals surface area (Å²) in [4.78, 5) is 0. The van der Waals surface area contributed by atoms with Crippen molar-refractivity contribution in [2.45, 2.75) is 97.3 Å². The van der Waals surface area contributed by atoms with Crippen molar-refractivity contribution in [1.29, 1.82) is 0 Å². The Morgan fingerprint density at radius 1 is 0.583 bits per heavy atom. The molecule has 3 aromatic carbocycles. The van der Waals surface area contributed by atoms with E-state index in [0.29, 0.717) is 55.6 Å². The van der Waals surface area contributed by atoms with Gasteiger partial charge in [0, 0.05) is 16.7 Å². The zero-order chi connectivity index (χ0) is 34.2. The Bertz CT molecular complexity index is 1580. The van der Waals surface area contributed by atoms with Gasteiger partial charge in [0.2, 0.25) is 11.6 Å². The van der Waals surface area contributed by atoms with Crippen molar-refractivity contribution in [2.75, 3.05) is 13.2 Å². The Morgan fingerprint density at radius 3 is 1.69 bits per heavy atom. The highest BCUT2D eigenvalue weighted by atomic mass is 19.2. The molecule has 0 N–H and O–H groups in total. The summed E-state index contributed by atoms with van der Waals surface area (Å²) in [6.45, 7) is 4.55. The summed E-state index contributed by atoms with van der Waals surface area (Å²) in [5.41, 5.74) is 0.728. The van der Waals surface area contributed by atoms with E-state index in [1.807, 2.05) is 13.8 Å². The molecule has 0 bridgehead atoms. The van der Waals surface area contributed by atoms with Gasteiger partial charge in [-0.15, -0.1) is 0 Å². The van der Waals surface area contributed by atoms with Crippen molar-refractivity contribution in [3.8, 4) is 22.6 Å². The van der Waals surface area contributed by atoms with Crippen molar-refractivity contribution >= 4 is 5.57 Å². The third-order valence-corrected chi connectivity index (χ3v) is 10.2. The molecule has 260 valence electrons. The van der Waals surface area contributed by atoms with Crippen LogP contribution in [0.1, 0.15) is 102 Å². The first-order valence-corrected chi connectivity index (χ1v) is 17.6. The summed E-state index contributed by atoms with van der Waals surface area (Å²) in [5.74, 6) is -5.32. The Hall–Kier alpha value is -3.42. The van der Waals surface area contributed by atoms with E-state index in [1.54, 1.807) is 6.07 Å². The molecule has 5 rings (SSSR count). The Kier molecular flexibility index (Phi) is 12.6. The van der Waals surface area contributed by atoms with Crippen LogP contribution < -0.4 is 9.47 Å². The van der Waals surface area contributed by atoms with E-state index in [2.05, 4.69) is 6.08 Å². The topological polar surface area (TPSA) is 18.5 Å². The highest BCUT2D eigenvalue weighted by Crippen LogP contribution is 2.43. The average molecular weight is 673 g/mol. The van der Waals surface area contributed by atoms with Crippen LogP contribution in [0.3, 0.4) is 0 Å². The van der Waals surface area contributed by atoms with E-state index >= 15 is 8.78 Å². The second-order valence-corrected chi connectivity index (χ2v) is 13.4. The first kappa shape index (κ1) is 35.9. The maximum absolute atomic E-state index is 15.1. The molecule has 2 nitrogen and oxygen atoms in total. The van der Waals surface area contributed by atoms with Crippen LogP contribution >= 0.6 is 0 Å². The van der Waals surface area contributed by atoms with E-state index in [9.17, 15) is 17.6 Å². The predicted octanol–water partition coefficient (Wildman–Crippen LogP) is 12.2. The molecular formula is C40H46F6O2. The first-order chi connectivity index (χ1) is 23.2. The van der Waals surface area contributed by atoms with E-state index in [1.165, 1.54) is 30.3 Å². The predicted molar refractivity (Wildman–Crippen MR) is 178 cm³/mol. The molecule has 1 fully saturated rings. The number of aryl methyl sites for hydroxylation is 1.